The summed E-state index contributed by atoms with van der Waals surface area (Å²) in [4.78, 5) is 62.8. The highest BCUT2D eigenvalue weighted by molar-refractivity contribution is 6.08. The van der Waals surface area contributed by atoms with Crippen molar-refractivity contribution >= 4 is 45.9 Å². The maximum Gasteiger partial charge on any atom is 0.329 e. The molecule has 5 fully saturated rings. The zero-order valence-electron chi connectivity index (χ0n) is 33.8. The van der Waals surface area contributed by atoms with Gasteiger partial charge in [-0.3, -0.25) is 38.4 Å². The van der Waals surface area contributed by atoms with E-state index in [0.29, 0.717) is 52.9 Å². The van der Waals surface area contributed by atoms with Crippen LogP contribution >= 0.6 is 0 Å². The molecule has 8 heterocycles. The lowest BCUT2D eigenvalue weighted by atomic mass is 9.85. The number of carbonyl (C=O) groups is 3. The molecule has 2 N–H and O–H groups in total. The van der Waals surface area contributed by atoms with E-state index in [1.54, 1.807) is 34.6 Å². The Morgan fingerprint density at radius 1 is 1.02 bits per heavy atom. The monoisotopic (exact) mass is 835 g/mol. The number of ether oxygens (including phenoxy) is 1. The molecular weight excluding hydrogens is 789 g/mol. The van der Waals surface area contributed by atoms with Crippen molar-refractivity contribution in [3.05, 3.63) is 76.2 Å². The molecule has 5 aromatic rings. The molecule has 1 aromatic carbocycles. The van der Waals surface area contributed by atoms with Crippen molar-refractivity contribution < 1.29 is 27.9 Å². The quantitative estimate of drug-likeness (QED) is 0.167. The first-order valence-electron chi connectivity index (χ1n) is 21.1. The highest BCUT2D eigenvalue weighted by Crippen LogP contribution is 2.37. The fourth-order valence-corrected chi connectivity index (χ4v) is 9.69. The zero-order valence-corrected chi connectivity index (χ0v) is 33.8. The number of para-hydroxylation sites is 1. The Morgan fingerprint density at radius 2 is 1.80 bits per heavy atom. The van der Waals surface area contributed by atoms with Gasteiger partial charge < -0.3 is 24.3 Å². The first-order valence-corrected chi connectivity index (χ1v) is 21.1. The molecule has 61 heavy (non-hydrogen) atoms. The fraction of sp³-hybridized carbons (Fsp3) is 0.488. The van der Waals surface area contributed by atoms with Gasteiger partial charge in [0, 0.05) is 71.3 Å². The summed E-state index contributed by atoms with van der Waals surface area (Å²) in [5, 5.41) is 9.36. The van der Waals surface area contributed by atoms with Crippen molar-refractivity contribution in [2.75, 3.05) is 62.6 Å². The van der Waals surface area contributed by atoms with Gasteiger partial charge in [-0.15, -0.1) is 0 Å². The zero-order chi connectivity index (χ0) is 41.9. The number of piperazine rings is 1. The predicted molar refractivity (Wildman–Crippen MR) is 221 cm³/mol. The summed E-state index contributed by atoms with van der Waals surface area (Å²) in [6.07, 6.45) is 6.52. The van der Waals surface area contributed by atoms with Gasteiger partial charge in [-0.2, -0.15) is 5.10 Å². The van der Waals surface area contributed by atoms with Crippen LogP contribution in [-0.4, -0.2) is 120 Å². The molecule has 10 rings (SSSR count). The lowest BCUT2D eigenvalue weighted by Gasteiger charge is -2.55. The highest BCUT2D eigenvalue weighted by atomic mass is 19.3. The molecule has 4 aliphatic heterocycles. The van der Waals surface area contributed by atoms with E-state index in [1.165, 1.54) is 9.13 Å². The third kappa shape index (κ3) is 7.27. The average Bonchev–Trinajstić information content (AvgIpc) is 3.94. The van der Waals surface area contributed by atoms with Crippen LogP contribution in [0.25, 0.3) is 16.7 Å². The van der Waals surface area contributed by atoms with Gasteiger partial charge in [-0.25, -0.2) is 18.6 Å². The maximum atomic E-state index is 14.3. The van der Waals surface area contributed by atoms with Gasteiger partial charge in [0.05, 0.1) is 59.2 Å². The second-order valence-electron chi connectivity index (χ2n) is 16.9. The Labute approximate surface area is 349 Å². The number of morpholine rings is 1. The summed E-state index contributed by atoms with van der Waals surface area (Å²) in [6.45, 7) is 6.56. The molecule has 0 radical (unpaired) electrons. The highest BCUT2D eigenvalue weighted by Gasteiger charge is 2.48. The number of alkyl halides is 2. The number of imidazole rings is 1. The molecule has 5 aliphatic rings. The molecule has 1 saturated carbocycles. The maximum absolute atomic E-state index is 14.3. The van der Waals surface area contributed by atoms with Crippen molar-refractivity contribution in [1.82, 2.24) is 43.4 Å². The van der Waals surface area contributed by atoms with Gasteiger partial charge in [-0.1, -0.05) is 17.9 Å². The van der Waals surface area contributed by atoms with Crippen LogP contribution in [-0.2, 0) is 21.4 Å². The summed E-state index contributed by atoms with van der Waals surface area (Å²) in [5.74, 6) is 6.52. The van der Waals surface area contributed by atoms with Crippen LogP contribution in [0.2, 0.25) is 0 Å². The van der Waals surface area contributed by atoms with Crippen LogP contribution in [0.5, 0.6) is 0 Å². The number of hydrogen-bond donors (Lipinski definition) is 2. The lowest BCUT2D eigenvalue weighted by molar-refractivity contribution is -0.135. The number of carbonyl (C=O) groups excluding carboxylic acids is 3. The Kier molecular flexibility index (Phi) is 10.2. The van der Waals surface area contributed by atoms with Crippen LogP contribution in [0.1, 0.15) is 78.6 Å². The summed E-state index contributed by atoms with van der Waals surface area (Å²) in [7, 11) is 1.68. The van der Waals surface area contributed by atoms with Crippen molar-refractivity contribution in [2.45, 2.75) is 69.2 Å². The van der Waals surface area contributed by atoms with Gasteiger partial charge in [0.25, 0.3) is 12.3 Å². The van der Waals surface area contributed by atoms with Crippen molar-refractivity contribution in [3.8, 4) is 11.8 Å². The Bertz CT molecular complexity index is 2660. The van der Waals surface area contributed by atoms with Crippen molar-refractivity contribution in [2.24, 2.45) is 13.0 Å². The molecule has 318 valence electrons. The number of rotatable bonds is 9. The lowest BCUT2D eigenvalue weighted by Crippen LogP contribution is -2.71. The van der Waals surface area contributed by atoms with Crippen molar-refractivity contribution in [3.63, 3.8) is 0 Å². The van der Waals surface area contributed by atoms with Crippen molar-refractivity contribution in [1.29, 1.82) is 0 Å². The number of aromatic nitrogens is 6. The average molecular weight is 836 g/mol. The standard InChI is InChI=1S/C43H47F2N11O5/c1-50-38-27(4-2-6-31(38)56(43(50)60)32-11-12-36(57)48-42(32)59)5-3-15-51-18-20-52(21-19-51)22-26-7-9-28(10-8-26)55-23-30(37(49-55)39(44)45)46-41(58)29-13-16-53-17-14-35(47-40(29)53)54-24-34-33(54)25-61-34/h2,4,6,13-14,16-17,23,26,28,32-34,39H,7-12,15,18-22,24-25H2,1H3,(H,46,58)(H,48,57,59). The molecule has 3 amide bonds. The number of nitrogens with one attached hydrogen (secondary N) is 2. The van der Waals surface area contributed by atoms with E-state index >= 15 is 0 Å². The van der Waals surface area contributed by atoms with E-state index in [0.717, 1.165) is 70.8 Å². The van der Waals surface area contributed by atoms with Crippen LogP contribution < -0.4 is 21.2 Å². The minimum absolute atomic E-state index is 0.0175. The van der Waals surface area contributed by atoms with Crippen LogP contribution in [0.3, 0.4) is 0 Å². The molecule has 4 aromatic heterocycles. The van der Waals surface area contributed by atoms with E-state index < -0.39 is 30.0 Å². The Morgan fingerprint density at radius 3 is 2.52 bits per heavy atom. The summed E-state index contributed by atoms with van der Waals surface area (Å²) >= 11 is 0. The second-order valence-corrected chi connectivity index (χ2v) is 16.9. The Balaban J connectivity index is 0.716. The third-order valence-electron chi connectivity index (χ3n) is 13.3. The number of nitrogens with zero attached hydrogens (tertiary/aromatic N) is 9. The van der Waals surface area contributed by atoms with E-state index in [2.05, 4.69) is 42.3 Å². The van der Waals surface area contributed by atoms with Crippen LogP contribution in [0.4, 0.5) is 20.3 Å². The smallest absolute Gasteiger partial charge is 0.329 e. The fourth-order valence-electron chi connectivity index (χ4n) is 9.69. The number of anilines is 2. The number of hydrogen-bond acceptors (Lipinski definition) is 10. The summed E-state index contributed by atoms with van der Waals surface area (Å²) in [6, 6.07) is 8.60. The summed E-state index contributed by atoms with van der Waals surface area (Å²) < 4.78 is 40.4. The van der Waals surface area contributed by atoms with E-state index in [4.69, 9.17) is 9.72 Å². The molecule has 4 saturated heterocycles. The number of fused-ring (bicyclic) bond motifs is 3. The number of halogens is 2. The van der Waals surface area contributed by atoms with E-state index in [1.807, 2.05) is 30.5 Å². The largest absolute Gasteiger partial charge is 0.372 e. The normalized spacial score (nSPS) is 24.6. The SMILES string of the molecule is Cn1c(=O)n(C2CCC(=O)NC2=O)c2cccc(C#CCN3CCN(CC4CCC(n5cc(NC(=O)c6ccn7ccc(N8CC9OCC98)nc67)c(C(F)F)n5)CC4)CC3)c21. The van der Waals surface area contributed by atoms with Gasteiger partial charge in [-0.05, 0) is 62.3 Å². The number of piperidine rings is 1. The molecule has 1 aliphatic carbocycles. The molecule has 18 heteroatoms. The first kappa shape index (κ1) is 39.2. The van der Waals surface area contributed by atoms with Crippen LogP contribution in [0, 0.1) is 17.8 Å². The van der Waals surface area contributed by atoms with E-state index in [-0.39, 0.29) is 42.3 Å². The Hall–Kier alpha value is -5.90. The minimum Gasteiger partial charge on any atom is -0.372 e. The molecule has 16 nitrogen and oxygen atoms in total. The molecule has 0 bridgehead atoms. The van der Waals surface area contributed by atoms with Gasteiger partial charge in [0.15, 0.2) is 11.3 Å². The molecular formula is C43H47F2N11O5. The topological polar surface area (TPSA) is 156 Å². The number of imide groups is 1. The van der Waals surface area contributed by atoms with Gasteiger partial charge >= 0.3 is 5.69 Å². The van der Waals surface area contributed by atoms with E-state index in [9.17, 15) is 28.0 Å². The second kappa shape index (κ2) is 15.9. The van der Waals surface area contributed by atoms with Gasteiger partial charge in [0.1, 0.15) is 11.9 Å². The number of amides is 3. The molecule has 0 spiro atoms. The van der Waals surface area contributed by atoms with Gasteiger partial charge in [0.2, 0.25) is 11.8 Å². The first-order chi connectivity index (χ1) is 29.6. The number of benzene rings is 1. The summed E-state index contributed by atoms with van der Waals surface area (Å²) in [5.41, 5.74) is 2.02. The third-order valence-corrected chi connectivity index (χ3v) is 13.3. The predicted octanol–water partition coefficient (Wildman–Crippen LogP) is 3.34. The van der Waals surface area contributed by atoms with Crippen LogP contribution in [0.15, 0.2) is 53.7 Å². The molecule has 3 unspecified atom stereocenters. The minimum atomic E-state index is -2.85. The molecule has 3 atom stereocenters. The number of aryl methyl sites for hydroxylation is 1.